The van der Waals surface area contributed by atoms with Crippen LogP contribution in [0.25, 0.3) is 0 Å². The molecular formula is C20H26ClN3OS. The van der Waals surface area contributed by atoms with Gasteiger partial charge in [-0.15, -0.1) is 24.2 Å². The molecule has 1 amide bonds. The molecule has 0 aliphatic carbocycles. The third-order valence-corrected chi connectivity index (χ3v) is 5.47. The van der Waals surface area contributed by atoms with Crippen LogP contribution in [0.5, 0.6) is 0 Å². The van der Waals surface area contributed by atoms with Crippen LogP contribution in [-0.4, -0.2) is 40.7 Å². The molecule has 1 N–H and O–H groups in total. The first-order valence-corrected chi connectivity index (χ1v) is 9.89. The fraction of sp³-hybridized carbons (Fsp3) is 0.400. The Balaban J connectivity index is 0.00000243. The lowest BCUT2D eigenvalue weighted by atomic mass is 10.1. The number of benzene rings is 1. The third kappa shape index (κ3) is 6.31. The van der Waals surface area contributed by atoms with Crippen LogP contribution in [0.2, 0.25) is 0 Å². The van der Waals surface area contributed by atoms with E-state index in [-0.39, 0.29) is 18.3 Å². The molecule has 3 rings (SSSR count). The summed E-state index contributed by atoms with van der Waals surface area (Å²) in [7, 11) is 0. The standard InChI is InChI=1S/C20H25N3OS.ClH/c24-20(16-25-19-9-2-1-3-10-19)23(15-17-7-4-5-13-22-17)18-8-6-12-21-14-11-18;/h1-5,7,9-10,13,18,21H,6,8,11-12,14-16H2;1H. The maximum absolute atomic E-state index is 13.0. The number of carbonyl (C=O) groups excluding carboxylic acids is 1. The summed E-state index contributed by atoms with van der Waals surface area (Å²) in [6, 6.07) is 16.3. The van der Waals surface area contributed by atoms with E-state index in [4.69, 9.17) is 0 Å². The van der Waals surface area contributed by atoms with E-state index in [1.807, 2.05) is 41.3 Å². The molecule has 6 heteroatoms. The monoisotopic (exact) mass is 391 g/mol. The number of rotatable bonds is 6. The molecule has 0 radical (unpaired) electrons. The second kappa shape index (κ2) is 11.2. The SMILES string of the molecule is Cl.O=C(CSc1ccccc1)N(Cc1ccccn1)C1CCCNCC1. The van der Waals surface area contributed by atoms with Gasteiger partial charge in [-0.25, -0.2) is 0 Å². The maximum Gasteiger partial charge on any atom is 0.233 e. The minimum absolute atomic E-state index is 0. The molecule has 0 spiro atoms. The summed E-state index contributed by atoms with van der Waals surface area (Å²) in [4.78, 5) is 20.6. The van der Waals surface area contributed by atoms with Crippen LogP contribution in [-0.2, 0) is 11.3 Å². The fourth-order valence-electron chi connectivity index (χ4n) is 3.14. The molecule has 26 heavy (non-hydrogen) atoms. The van der Waals surface area contributed by atoms with Gasteiger partial charge in [0, 0.05) is 17.1 Å². The Morgan fingerprint density at radius 1 is 1.12 bits per heavy atom. The number of thioether (sulfide) groups is 1. The van der Waals surface area contributed by atoms with Crippen molar-refractivity contribution < 1.29 is 4.79 Å². The zero-order chi connectivity index (χ0) is 17.3. The molecular weight excluding hydrogens is 366 g/mol. The zero-order valence-electron chi connectivity index (χ0n) is 14.8. The van der Waals surface area contributed by atoms with Crippen LogP contribution in [0.1, 0.15) is 25.0 Å². The first-order valence-electron chi connectivity index (χ1n) is 8.91. The highest BCUT2D eigenvalue weighted by molar-refractivity contribution is 8.00. The highest BCUT2D eigenvalue weighted by Gasteiger charge is 2.25. The van der Waals surface area contributed by atoms with E-state index in [0.29, 0.717) is 18.3 Å². The molecule has 1 unspecified atom stereocenters. The van der Waals surface area contributed by atoms with Gasteiger partial charge in [-0.2, -0.15) is 0 Å². The van der Waals surface area contributed by atoms with Gasteiger partial charge in [-0.1, -0.05) is 24.3 Å². The van der Waals surface area contributed by atoms with E-state index >= 15 is 0 Å². The van der Waals surface area contributed by atoms with Gasteiger partial charge in [-0.3, -0.25) is 9.78 Å². The summed E-state index contributed by atoms with van der Waals surface area (Å²) >= 11 is 1.61. The minimum atomic E-state index is 0. The smallest absolute Gasteiger partial charge is 0.233 e. The first-order chi connectivity index (χ1) is 12.3. The number of hydrogen-bond acceptors (Lipinski definition) is 4. The minimum Gasteiger partial charge on any atom is -0.333 e. The molecule has 140 valence electrons. The number of nitrogens with one attached hydrogen (secondary N) is 1. The molecule has 1 saturated heterocycles. The first kappa shape index (κ1) is 20.7. The average molecular weight is 392 g/mol. The van der Waals surface area contributed by atoms with E-state index < -0.39 is 0 Å². The average Bonchev–Trinajstić information content (AvgIpc) is 2.95. The van der Waals surface area contributed by atoms with Gasteiger partial charge in [0.15, 0.2) is 0 Å². The zero-order valence-corrected chi connectivity index (χ0v) is 16.5. The Labute approximate surface area is 166 Å². The van der Waals surface area contributed by atoms with Crippen LogP contribution in [0.3, 0.4) is 0 Å². The number of pyridine rings is 1. The highest BCUT2D eigenvalue weighted by atomic mass is 35.5. The summed E-state index contributed by atoms with van der Waals surface area (Å²) in [5.74, 6) is 0.673. The summed E-state index contributed by atoms with van der Waals surface area (Å²) in [5, 5.41) is 3.43. The lowest BCUT2D eigenvalue weighted by molar-refractivity contribution is -0.131. The molecule has 1 aliphatic heterocycles. The van der Waals surface area contributed by atoms with Crippen LogP contribution in [0.4, 0.5) is 0 Å². The number of amides is 1. The van der Waals surface area contributed by atoms with E-state index in [9.17, 15) is 4.79 Å². The Bertz CT molecular complexity index is 649. The van der Waals surface area contributed by atoms with Crippen LogP contribution in [0.15, 0.2) is 59.6 Å². The normalized spacial score (nSPS) is 17.0. The van der Waals surface area contributed by atoms with Crippen molar-refractivity contribution in [3.63, 3.8) is 0 Å². The van der Waals surface area contributed by atoms with Gasteiger partial charge in [0.1, 0.15) is 0 Å². The number of carbonyl (C=O) groups is 1. The Morgan fingerprint density at radius 2 is 1.92 bits per heavy atom. The molecule has 1 aromatic heterocycles. The molecule has 4 nitrogen and oxygen atoms in total. The predicted octanol–water partition coefficient (Wildman–Crippen LogP) is 3.77. The molecule has 1 aliphatic rings. The number of nitrogens with zero attached hydrogens (tertiary/aromatic N) is 2. The van der Waals surface area contributed by atoms with Crippen LogP contribution < -0.4 is 5.32 Å². The van der Waals surface area contributed by atoms with E-state index in [2.05, 4.69) is 22.4 Å². The summed E-state index contributed by atoms with van der Waals surface area (Å²) in [6.45, 7) is 2.61. The molecule has 2 heterocycles. The van der Waals surface area contributed by atoms with Gasteiger partial charge in [0.2, 0.25) is 5.91 Å². The fourth-order valence-corrected chi connectivity index (χ4v) is 3.95. The Hall–Kier alpha value is -1.56. The van der Waals surface area contributed by atoms with E-state index in [1.54, 1.807) is 18.0 Å². The summed E-state index contributed by atoms with van der Waals surface area (Å²) < 4.78 is 0. The molecule has 0 saturated carbocycles. The van der Waals surface area contributed by atoms with Crippen molar-refractivity contribution in [2.75, 3.05) is 18.8 Å². The van der Waals surface area contributed by atoms with Gasteiger partial charge in [0.25, 0.3) is 0 Å². The van der Waals surface area contributed by atoms with Crippen molar-refractivity contribution in [1.29, 1.82) is 0 Å². The molecule has 2 aromatic rings. The maximum atomic E-state index is 13.0. The van der Waals surface area contributed by atoms with Gasteiger partial charge < -0.3 is 10.2 Å². The van der Waals surface area contributed by atoms with Gasteiger partial charge in [0.05, 0.1) is 18.0 Å². The Kier molecular flexibility index (Phi) is 8.95. The largest absolute Gasteiger partial charge is 0.333 e. The lowest BCUT2D eigenvalue weighted by Gasteiger charge is -2.31. The topological polar surface area (TPSA) is 45.2 Å². The second-order valence-corrected chi connectivity index (χ2v) is 7.33. The van der Waals surface area contributed by atoms with Crippen molar-refractivity contribution in [1.82, 2.24) is 15.2 Å². The van der Waals surface area contributed by atoms with Crippen molar-refractivity contribution in [3.8, 4) is 0 Å². The summed E-state index contributed by atoms with van der Waals surface area (Å²) in [5.41, 5.74) is 0.956. The summed E-state index contributed by atoms with van der Waals surface area (Å²) in [6.07, 6.45) is 4.98. The van der Waals surface area contributed by atoms with Crippen molar-refractivity contribution >= 4 is 30.1 Å². The van der Waals surface area contributed by atoms with E-state index in [0.717, 1.165) is 42.9 Å². The molecule has 0 bridgehead atoms. The second-order valence-electron chi connectivity index (χ2n) is 6.28. The molecule has 1 aromatic carbocycles. The van der Waals surface area contributed by atoms with Crippen molar-refractivity contribution in [3.05, 3.63) is 60.4 Å². The van der Waals surface area contributed by atoms with Crippen LogP contribution >= 0.6 is 24.2 Å². The number of aromatic nitrogens is 1. The quantitative estimate of drug-likeness (QED) is 0.761. The van der Waals surface area contributed by atoms with E-state index in [1.165, 1.54) is 0 Å². The van der Waals surface area contributed by atoms with Crippen molar-refractivity contribution in [2.45, 2.75) is 36.7 Å². The highest BCUT2D eigenvalue weighted by Crippen LogP contribution is 2.21. The number of hydrogen-bond donors (Lipinski definition) is 1. The third-order valence-electron chi connectivity index (χ3n) is 4.47. The number of halogens is 1. The van der Waals surface area contributed by atoms with Gasteiger partial charge in [-0.05, 0) is 56.6 Å². The lowest BCUT2D eigenvalue weighted by Crippen LogP contribution is -2.41. The van der Waals surface area contributed by atoms with Crippen molar-refractivity contribution in [2.24, 2.45) is 0 Å². The molecule has 1 atom stereocenters. The molecule has 1 fully saturated rings. The van der Waals surface area contributed by atoms with Crippen LogP contribution in [0, 0.1) is 0 Å². The Morgan fingerprint density at radius 3 is 2.69 bits per heavy atom. The predicted molar refractivity (Wildman–Crippen MR) is 110 cm³/mol. The van der Waals surface area contributed by atoms with Gasteiger partial charge >= 0.3 is 0 Å².